The van der Waals surface area contributed by atoms with Crippen LogP contribution in [0.3, 0.4) is 0 Å². The van der Waals surface area contributed by atoms with E-state index in [4.69, 9.17) is 18.9 Å². The van der Waals surface area contributed by atoms with Gasteiger partial charge in [0.05, 0.1) is 39.6 Å². The Kier molecular flexibility index (Phi) is 6.41. The normalized spacial score (nSPS) is 26.1. The SMILES string of the molecule is C(COCC1CO1)OCC1CO1.CC(C)(C)C. The molecule has 0 spiro atoms. The van der Waals surface area contributed by atoms with Gasteiger partial charge in [0.15, 0.2) is 0 Å². The van der Waals surface area contributed by atoms with Gasteiger partial charge in [-0.1, -0.05) is 27.7 Å². The Morgan fingerprint density at radius 2 is 1.18 bits per heavy atom. The van der Waals surface area contributed by atoms with Crippen molar-refractivity contribution < 1.29 is 18.9 Å². The second-order valence-electron chi connectivity index (χ2n) is 6.06. The second kappa shape index (κ2) is 7.31. The fraction of sp³-hybridized carbons (Fsp3) is 1.00. The summed E-state index contributed by atoms with van der Waals surface area (Å²) in [5.74, 6) is 0. The molecule has 17 heavy (non-hydrogen) atoms. The lowest BCUT2D eigenvalue weighted by Crippen LogP contribution is -2.10. The monoisotopic (exact) mass is 246 g/mol. The van der Waals surface area contributed by atoms with Gasteiger partial charge in [0.25, 0.3) is 0 Å². The van der Waals surface area contributed by atoms with Gasteiger partial charge in [-0.05, 0) is 5.41 Å². The van der Waals surface area contributed by atoms with Crippen LogP contribution in [0.25, 0.3) is 0 Å². The van der Waals surface area contributed by atoms with Gasteiger partial charge in [0.1, 0.15) is 12.2 Å². The van der Waals surface area contributed by atoms with E-state index in [1.165, 1.54) is 0 Å². The van der Waals surface area contributed by atoms with Gasteiger partial charge in [-0.2, -0.15) is 0 Å². The molecule has 2 saturated heterocycles. The average molecular weight is 246 g/mol. The van der Waals surface area contributed by atoms with E-state index in [0.717, 1.165) is 13.2 Å². The predicted molar refractivity (Wildman–Crippen MR) is 66.2 cm³/mol. The molecule has 2 aliphatic heterocycles. The zero-order valence-electron chi connectivity index (χ0n) is 11.5. The molecule has 0 radical (unpaired) electrons. The summed E-state index contributed by atoms with van der Waals surface area (Å²) in [5, 5.41) is 0. The standard InChI is InChI=1S/C8H14O4.C5H12/c1(9-3-7-5-11-7)2-10-4-8-6-12-8;1-5(2,3)4/h7-8H,1-6H2;1-4H3. The Labute approximate surface area is 105 Å². The van der Waals surface area contributed by atoms with Gasteiger partial charge >= 0.3 is 0 Å². The summed E-state index contributed by atoms with van der Waals surface area (Å²) >= 11 is 0. The zero-order chi connectivity index (χ0) is 12.7. The van der Waals surface area contributed by atoms with Gasteiger partial charge < -0.3 is 18.9 Å². The fourth-order valence-electron chi connectivity index (χ4n) is 0.876. The molecule has 0 aliphatic carbocycles. The first-order valence-electron chi connectivity index (χ1n) is 6.34. The largest absolute Gasteiger partial charge is 0.376 e. The van der Waals surface area contributed by atoms with Gasteiger partial charge in [-0.25, -0.2) is 0 Å². The predicted octanol–water partition coefficient (Wildman–Crippen LogP) is 1.87. The lowest BCUT2D eigenvalue weighted by Gasteiger charge is -2.05. The van der Waals surface area contributed by atoms with E-state index in [-0.39, 0.29) is 0 Å². The van der Waals surface area contributed by atoms with E-state index >= 15 is 0 Å². The molecule has 2 aliphatic rings. The summed E-state index contributed by atoms with van der Waals surface area (Å²) in [7, 11) is 0. The molecule has 0 aromatic carbocycles. The van der Waals surface area contributed by atoms with Crippen LogP contribution in [0.15, 0.2) is 0 Å². The van der Waals surface area contributed by atoms with Crippen LogP contribution in [0.1, 0.15) is 27.7 Å². The summed E-state index contributed by atoms with van der Waals surface area (Å²) in [6.07, 6.45) is 0.716. The summed E-state index contributed by atoms with van der Waals surface area (Å²) in [5.41, 5.74) is 0.500. The Morgan fingerprint density at radius 3 is 1.41 bits per heavy atom. The van der Waals surface area contributed by atoms with Crippen LogP contribution in [-0.4, -0.2) is 51.8 Å². The molecule has 2 atom stereocenters. The van der Waals surface area contributed by atoms with E-state index in [9.17, 15) is 0 Å². The average Bonchev–Trinajstić information content (AvgIpc) is 3.01. The molecule has 4 nitrogen and oxygen atoms in total. The van der Waals surface area contributed by atoms with Crippen molar-refractivity contribution in [2.24, 2.45) is 5.41 Å². The van der Waals surface area contributed by atoms with Crippen LogP contribution in [0, 0.1) is 5.41 Å². The Balaban J connectivity index is 0.000000249. The maximum absolute atomic E-state index is 5.27. The first-order chi connectivity index (χ1) is 7.95. The highest BCUT2D eigenvalue weighted by atomic mass is 16.6. The summed E-state index contributed by atoms with van der Waals surface area (Å²) in [6, 6.07) is 0. The summed E-state index contributed by atoms with van der Waals surface area (Å²) in [4.78, 5) is 0. The number of ether oxygens (including phenoxy) is 4. The highest BCUT2D eigenvalue weighted by molar-refractivity contribution is 4.68. The van der Waals surface area contributed by atoms with Gasteiger partial charge in [0.2, 0.25) is 0 Å². The quantitative estimate of drug-likeness (QED) is 0.508. The smallest absolute Gasteiger partial charge is 0.104 e. The lowest BCUT2D eigenvalue weighted by atomic mass is 10.0. The van der Waals surface area contributed by atoms with Crippen LogP contribution in [-0.2, 0) is 18.9 Å². The Bertz CT molecular complexity index is 170. The van der Waals surface area contributed by atoms with E-state index < -0.39 is 0 Å². The van der Waals surface area contributed by atoms with Gasteiger partial charge in [-0.15, -0.1) is 0 Å². The van der Waals surface area contributed by atoms with Gasteiger partial charge in [-0.3, -0.25) is 0 Å². The molecule has 4 heteroatoms. The Morgan fingerprint density at radius 1 is 0.882 bits per heavy atom. The minimum absolute atomic E-state index is 0.358. The number of epoxide rings is 2. The van der Waals surface area contributed by atoms with Crippen LogP contribution in [0.4, 0.5) is 0 Å². The summed E-state index contributed by atoms with van der Waals surface area (Å²) < 4.78 is 20.5. The molecule has 0 aromatic heterocycles. The summed E-state index contributed by atoms with van der Waals surface area (Å²) in [6.45, 7) is 13.2. The highest BCUT2D eigenvalue weighted by Crippen LogP contribution is 2.09. The highest BCUT2D eigenvalue weighted by Gasteiger charge is 2.23. The maximum atomic E-state index is 5.27. The molecule has 0 bridgehead atoms. The van der Waals surface area contributed by atoms with Crippen LogP contribution in [0.5, 0.6) is 0 Å². The van der Waals surface area contributed by atoms with Crippen LogP contribution < -0.4 is 0 Å². The first-order valence-corrected chi connectivity index (χ1v) is 6.34. The third-order valence-corrected chi connectivity index (χ3v) is 1.78. The minimum atomic E-state index is 0.358. The molecule has 2 rings (SSSR count). The molecule has 2 heterocycles. The number of hydrogen-bond acceptors (Lipinski definition) is 4. The lowest BCUT2D eigenvalue weighted by molar-refractivity contribution is 0.0366. The van der Waals surface area contributed by atoms with Crippen molar-refractivity contribution in [3.05, 3.63) is 0 Å². The van der Waals surface area contributed by atoms with Crippen molar-refractivity contribution in [3.8, 4) is 0 Å². The molecule has 2 unspecified atom stereocenters. The molecule has 0 saturated carbocycles. The number of rotatable bonds is 7. The van der Waals surface area contributed by atoms with Crippen molar-refractivity contribution in [2.45, 2.75) is 39.9 Å². The van der Waals surface area contributed by atoms with Crippen LogP contribution in [0.2, 0.25) is 0 Å². The molecule has 0 N–H and O–H groups in total. The Hall–Kier alpha value is -0.160. The molecule has 102 valence electrons. The molecule has 0 amide bonds. The van der Waals surface area contributed by atoms with Crippen molar-refractivity contribution in [1.82, 2.24) is 0 Å². The third kappa shape index (κ3) is 13.8. The van der Waals surface area contributed by atoms with Crippen molar-refractivity contribution in [3.63, 3.8) is 0 Å². The zero-order valence-corrected chi connectivity index (χ0v) is 11.5. The van der Waals surface area contributed by atoms with E-state index in [1.807, 2.05) is 0 Å². The molecular formula is C13H26O4. The second-order valence-corrected chi connectivity index (χ2v) is 6.06. The molecular weight excluding hydrogens is 220 g/mol. The maximum Gasteiger partial charge on any atom is 0.104 e. The van der Waals surface area contributed by atoms with Crippen molar-refractivity contribution in [2.75, 3.05) is 39.6 Å². The van der Waals surface area contributed by atoms with E-state index in [2.05, 4.69) is 27.7 Å². The van der Waals surface area contributed by atoms with E-state index in [0.29, 0.717) is 44.1 Å². The molecule has 0 aromatic rings. The topological polar surface area (TPSA) is 43.5 Å². The van der Waals surface area contributed by atoms with Crippen LogP contribution >= 0.6 is 0 Å². The van der Waals surface area contributed by atoms with Gasteiger partial charge in [0, 0.05) is 0 Å². The van der Waals surface area contributed by atoms with E-state index in [1.54, 1.807) is 0 Å². The van der Waals surface area contributed by atoms with Crippen molar-refractivity contribution in [1.29, 1.82) is 0 Å². The minimum Gasteiger partial charge on any atom is -0.376 e. The molecule has 2 fully saturated rings. The fourth-order valence-corrected chi connectivity index (χ4v) is 0.876. The third-order valence-electron chi connectivity index (χ3n) is 1.78. The first kappa shape index (κ1) is 14.9. The number of hydrogen-bond donors (Lipinski definition) is 0. The van der Waals surface area contributed by atoms with Crippen molar-refractivity contribution >= 4 is 0 Å².